The maximum atomic E-state index is 12.6. The Bertz CT molecular complexity index is 765. The summed E-state index contributed by atoms with van der Waals surface area (Å²) in [5.41, 5.74) is -1.24. The van der Waals surface area contributed by atoms with Crippen LogP contribution in [-0.2, 0) is 26.7 Å². The first kappa shape index (κ1) is 16.0. The summed E-state index contributed by atoms with van der Waals surface area (Å²) in [6.45, 7) is 1.57. The molecule has 3 unspecified atom stereocenters. The van der Waals surface area contributed by atoms with Crippen LogP contribution in [0.15, 0.2) is 11.2 Å². The molecule has 8 nitrogen and oxygen atoms in total. The Morgan fingerprint density at radius 1 is 1.43 bits per heavy atom. The van der Waals surface area contributed by atoms with Crippen LogP contribution in [-0.4, -0.2) is 35.2 Å². The molecule has 3 atom stereocenters. The zero-order valence-electron chi connectivity index (χ0n) is 12.9. The highest BCUT2D eigenvalue weighted by Gasteiger charge is 2.61. The third-order valence-electron chi connectivity index (χ3n) is 5.17. The van der Waals surface area contributed by atoms with E-state index in [9.17, 15) is 23.1 Å². The largest absolute Gasteiger partial charge is 0.480 e. The maximum absolute atomic E-state index is 12.6. The average molecular weight is 341 g/mol. The van der Waals surface area contributed by atoms with E-state index >= 15 is 0 Å². The van der Waals surface area contributed by atoms with Crippen LogP contribution in [0.3, 0.4) is 0 Å². The summed E-state index contributed by atoms with van der Waals surface area (Å²) in [5, 5.41) is 13.3. The fourth-order valence-electron chi connectivity index (χ4n) is 4.15. The van der Waals surface area contributed by atoms with Gasteiger partial charge in [0.25, 0.3) is 15.9 Å². The van der Waals surface area contributed by atoms with Crippen molar-refractivity contribution >= 4 is 21.9 Å². The molecule has 2 aliphatic rings. The zero-order valence-corrected chi connectivity index (χ0v) is 13.8. The van der Waals surface area contributed by atoms with E-state index in [4.69, 9.17) is 0 Å². The number of carbonyl (C=O) groups excluding carboxylic acids is 1. The molecule has 2 bridgehead atoms. The summed E-state index contributed by atoms with van der Waals surface area (Å²) in [7, 11) is -2.71. The topological polar surface area (TPSA) is 118 Å². The number of hydrogen-bond donors (Lipinski definition) is 2. The number of aromatic nitrogens is 2. The Morgan fingerprint density at radius 3 is 2.57 bits per heavy atom. The molecule has 9 heteroatoms. The first-order valence-electron chi connectivity index (χ1n) is 7.47. The monoisotopic (exact) mass is 341 g/mol. The van der Waals surface area contributed by atoms with Crippen molar-refractivity contribution < 1.29 is 23.1 Å². The van der Waals surface area contributed by atoms with Crippen molar-refractivity contribution in [2.24, 2.45) is 24.3 Å². The van der Waals surface area contributed by atoms with Crippen molar-refractivity contribution in [3.8, 4) is 0 Å². The number of nitrogens with one attached hydrogen (secondary N) is 1. The van der Waals surface area contributed by atoms with Crippen molar-refractivity contribution in [1.82, 2.24) is 14.5 Å². The lowest BCUT2D eigenvalue weighted by molar-refractivity contribution is -0.159. The fraction of sp³-hybridized carbons (Fsp3) is 0.643. The van der Waals surface area contributed by atoms with Crippen LogP contribution in [0, 0.1) is 24.2 Å². The van der Waals surface area contributed by atoms with Crippen LogP contribution in [0.5, 0.6) is 0 Å². The molecular formula is C14H19N3O5S. The van der Waals surface area contributed by atoms with E-state index in [0.717, 1.165) is 11.1 Å². The number of hydrogen-bond acceptors (Lipinski definition) is 5. The number of fused-ring (bicyclic) bond motifs is 2. The summed E-state index contributed by atoms with van der Waals surface area (Å²) >= 11 is 0. The van der Waals surface area contributed by atoms with E-state index in [2.05, 4.69) is 5.10 Å². The Kier molecular flexibility index (Phi) is 3.51. The molecule has 2 fully saturated rings. The van der Waals surface area contributed by atoms with Gasteiger partial charge in [-0.25, -0.2) is 4.72 Å². The lowest BCUT2D eigenvalue weighted by atomic mass is 9.72. The minimum absolute atomic E-state index is 0.130. The van der Waals surface area contributed by atoms with Crippen molar-refractivity contribution in [1.29, 1.82) is 0 Å². The summed E-state index contributed by atoms with van der Waals surface area (Å²) in [5.74, 6) is -2.28. The molecular weight excluding hydrogens is 322 g/mol. The van der Waals surface area contributed by atoms with Crippen molar-refractivity contribution in [2.75, 3.05) is 0 Å². The van der Waals surface area contributed by atoms with Gasteiger partial charge in [0.2, 0.25) is 0 Å². The number of sulfonamides is 1. The second-order valence-corrected chi connectivity index (χ2v) is 8.15. The Labute approximate surface area is 133 Å². The van der Waals surface area contributed by atoms with Gasteiger partial charge in [0.15, 0.2) is 10.4 Å². The zero-order chi connectivity index (χ0) is 17.0. The quantitative estimate of drug-likeness (QED) is 0.767. The molecule has 3 rings (SSSR count). The van der Waals surface area contributed by atoms with Crippen molar-refractivity contribution in [2.45, 2.75) is 37.6 Å². The number of aliphatic carboxylic acids is 1. The molecule has 2 N–H and O–H groups in total. The van der Waals surface area contributed by atoms with Gasteiger partial charge in [-0.05, 0) is 38.0 Å². The predicted molar refractivity (Wildman–Crippen MR) is 78.8 cm³/mol. The molecule has 23 heavy (non-hydrogen) atoms. The molecule has 0 aliphatic heterocycles. The Balaban J connectivity index is 1.93. The Hall–Kier alpha value is -1.90. The van der Waals surface area contributed by atoms with Crippen LogP contribution in [0.1, 0.15) is 31.2 Å². The maximum Gasteiger partial charge on any atom is 0.319 e. The van der Waals surface area contributed by atoms with Crippen molar-refractivity contribution in [3.63, 3.8) is 0 Å². The molecule has 0 spiro atoms. The number of nitrogens with zero attached hydrogens (tertiary/aromatic N) is 2. The van der Waals surface area contributed by atoms with E-state index in [0.29, 0.717) is 18.4 Å². The predicted octanol–water partition coefficient (Wildman–Crippen LogP) is 0.424. The van der Waals surface area contributed by atoms with Gasteiger partial charge in [0.05, 0.1) is 6.20 Å². The highest BCUT2D eigenvalue weighted by molar-refractivity contribution is 7.90. The minimum Gasteiger partial charge on any atom is -0.480 e. The van der Waals surface area contributed by atoms with Gasteiger partial charge in [-0.2, -0.15) is 13.5 Å². The number of carbonyl (C=O) groups is 2. The van der Waals surface area contributed by atoms with E-state index < -0.39 is 27.3 Å². The van der Waals surface area contributed by atoms with E-state index in [1.807, 2.05) is 4.72 Å². The molecule has 2 saturated carbocycles. The van der Waals surface area contributed by atoms with Gasteiger partial charge >= 0.3 is 5.97 Å². The van der Waals surface area contributed by atoms with E-state index in [-0.39, 0.29) is 23.3 Å². The highest BCUT2D eigenvalue weighted by Crippen LogP contribution is 2.56. The SMILES string of the molecule is Cc1cnn(C)c1S(=O)(=O)NC(=O)C1(C(=O)O)CC2CCC1C2. The number of amides is 1. The molecule has 1 aromatic rings. The third kappa shape index (κ3) is 2.25. The second-order valence-electron chi connectivity index (χ2n) is 6.55. The number of carboxylic acids is 1. The highest BCUT2D eigenvalue weighted by atomic mass is 32.2. The Morgan fingerprint density at radius 2 is 2.13 bits per heavy atom. The summed E-state index contributed by atoms with van der Waals surface area (Å²) in [6.07, 6.45) is 3.81. The molecule has 1 amide bonds. The molecule has 1 aromatic heterocycles. The van der Waals surface area contributed by atoms with Crippen LogP contribution in [0.2, 0.25) is 0 Å². The number of rotatable bonds is 4. The second kappa shape index (κ2) is 5.05. The summed E-state index contributed by atoms with van der Waals surface area (Å²) < 4.78 is 28.1. The van der Waals surface area contributed by atoms with Gasteiger partial charge in [0.1, 0.15) is 0 Å². The van der Waals surface area contributed by atoms with Crippen LogP contribution < -0.4 is 4.72 Å². The molecule has 0 radical (unpaired) electrons. The first-order valence-corrected chi connectivity index (χ1v) is 8.96. The lowest BCUT2D eigenvalue weighted by Gasteiger charge is -2.31. The molecule has 126 valence electrons. The van der Waals surface area contributed by atoms with E-state index in [1.54, 1.807) is 6.92 Å². The summed E-state index contributed by atoms with van der Waals surface area (Å²) in [6, 6.07) is 0. The van der Waals surface area contributed by atoms with Gasteiger partial charge in [-0.15, -0.1) is 0 Å². The lowest BCUT2D eigenvalue weighted by Crippen LogP contribution is -2.51. The van der Waals surface area contributed by atoms with Gasteiger partial charge in [-0.1, -0.05) is 6.42 Å². The van der Waals surface area contributed by atoms with Crippen LogP contribution in [0.4, 0.5) is 0 Å². The van der Waals surface area contributed by atoms with Gasteiger partial charge < -0.3 is 5.11 Å². The standard InChI is InChI=1S/C14H19N3O5S/c1-8-7-15-17(2)11(8)23(21,22)16-12(18)14(13(19)20)6-9-3-4-10(14)5-9/h7,9-10H,3-6H2,1-2H3,(H,16,18)(H,19,20). The van der Waals surface area contributed by atoms with Crippen LogP contribution >= 0.6 is 0 Å². The van der Waals surface area contributed by atoms with Crippen LogP contribution in [0.25, 0.3) is 0 Å². The number of aryl methyl sites for hydroxylation is 2. The normalized spacial score (nSPS) is 29.7. The smallest absolute Gasteiger partial charge is 0.319 e. The van der Waals surface area contributed by atoms with Crippen molar-refractivity contribution in [3.05, 3.63) is 11.8 Å². The molecule has 2 aliphatic carbocycles. The molecule has 0 aromatic carbocycles. The summed E-state index contributed by atoms with van der Waals surface area (Å²) in [4.78, 5) is 24.4. The molecule has 0 saturated heterocycles. The fourth-order valence-corrected chi connectivity index (χ4v) is 5.54. The third-order valence-corrected chi connectivity index (χ3v) is 6.72. The molecule has 1 heterocycles. The first-order chi connectivity index (χ1) is 10.7. The van der Waals surface area contributed by atoms with Gasteiger partial charge in [-0.3, -0.25) is 14.3 Å². The minimum atomic E-state index is -4.17. The van der Waals surface area contributed by atoms with E-state index in [1.165, 1.54) is 13.2 Å². The van der Waals surface area contributed by atoms with Gasteiger partial charge in [0, 0.05) is 12.6 Å². The number of carboxylic acid groups (broad SMARTS) is 1. The average Bonchev–Trinajstić information content (AvgIpc) is 3.12.